The minimum atomic E-state index is -0.186. The van der Waals surface area contributed by atoms with Gasteiger partial charge in [-0.05, 0) is 19.1 Å². The van der Waals surface area contributed by atoms with Gasteiger partial charge in [-0.1, -0.05) is 0 Å². The third kappa shape index (κ3) is 2.91. The molecular weight excluding hydrogens is 270 g/mol. The maximum absolute atomic E-state index is 11.5. The van der Waals surface area contributed by atoms with Crippen LogP contribution in [0.3, 0.4) is 0 Å². The highest BCUT2D eigenvalue weighted by Gasteiger charge is 2.17. The number of H-pyrrole nitrogens is 1. The molecule has 21 heavy (non-hydrogen) atoms. The number of hydrogen-bond donors (Lipinski definition) is 2. The topological polar surface area (TPSA) is 91.0 Å². The second-order valence-corrected chi connectivity index (χ2v) is 4.91. The van der Waals surface area contributed by atoms with Gasteiger partial charge in [-0.15, -0.1) is 0 Å². The molecule has 0 aromatic carbocycles. The van der Waals surface area contributed by atoms with Crippen molar-refractivity contribution in [3.8, 4) is 11.4 Å². The number of carbonyl (C=O) groups excluding carboxylic acids is 1. The highest BCUT2D eigenvalue weighted by Crippen LogP contribution is 2.17. The monoisotopic (exact) mass is 285 g/mol. The number of carbonyl (C=O) groups is 1. The normalized spacial score (nSPS) is 14.9. The van der Waals surface area contributed by atoms with Crippen LogP contribution in [-0.2, 0) is 4.79 Å². The number of pyridine rings is 1. The average molecular weight is 285 g/mol. The Morgan fingerprint density at radius 3 is 2.81 bits per heavy atom. The maximum atomic E-state index is 11.5. The molecule has 0 bridgehead atoms. The van der Waals surface area contributed by atoms with E-state index in [9.17, 15) is 9.59 Å². The molecule has 1 amide bonds. The van der Waals surface area contributed by atoms with Crippen LogP contribution in [0, 0.1) is 6.92 Å². The first-order valence-corrected chi connectivity index (χ1v) is 6.68. The highest BCUT2D eigenvalue weighted by molar-refractivity contribution is 5.82. The second-order valence-electron chi connectivity index (χ2n) is 4.91. The number of piperazine rings is 1. The van der Waals surface area contributed by atoms with Crippen molar-refractivity contribution in [2.75, 3.05) is 24.5 Å². The first kappa shape index (κ1) is 13.3. The summed E-state index contributed by atoms with van der Waals surface area (Å²) in [5.41, 5.74) is 1.21. The largest absolute Gasteiger partial charge is 0.353 e. The Morgan fingerprint density at radius 2 is 2.14 bits per heavy atom. The maximum Gasteiger partial charge on any atom is 0.251 e. The summed E-state index contributed by atoms with van der Waals surface area (Å²) in [6.07, 6.45) is 1.65. The summed E-state index contributed by atoms with van der Waals surface area (Å²) in [6, 6.07) is 5.11. The standard InChI is InChI=1S/C14H15N5O2/c1-9-6-12(20)18-14(17-9)10-2-3-11(16-7-10)19-5-4-15-13(21)8-19/h2-3,6-7H,4-5,8H2,1H3,(H,15,21)(H,17,18,20). The van der Waals surface area contributed by atoms with Crippen LogP contribution in [0.4, 0.5) is 5.82 Å². The molecule has 2 aromatic heterocycles. The zero-order valence-corrected chi connectivity index (χ0v) is 11.6. The van der Waals surface area contributed by atoms with Crippen LogP contribution in [0.15, 0.2) is 29.2 Å². The molecule has 7 heteroatoms. The van der Waals surface area contributed by atoms with Crippen LogP contribution in [-0.4, -0.2) is 40.5 Å². The van der Waals surface area contributed by atoms with E-state index in [1.54, 1.807) is 13.1 Å². The first-order valence-electron chi connectivity index (χ1n) is 6.68. The van der Waals surface area contributed by atoms with Crippen LogP contribution in [0.2, 0.25) is 0 Å². The summed E-state index contributed by atoms with van der Waals surface area (Å²) in [4.78, 5) is 36.1. The highest BCUT2D eigenvalue weighted by atomic mass is 16.2. The van der Waals surface area contributed by atoms with E-state index in [1.165, 1.54) is 6.07 Å². The summed E-state index contributed by atoms with van der Waals surface area (Å²) in [5, 5.41) is 2.77. The van der Waals surface area contributed by atoms with Crippen LogP contribution in [0.1, 0.15) is 5.69 Å². The summed E-state index contributed by atoms with van der Waals surface area (Å²) >= 11 is 0. The predicted molar refractivity (Wildman–Crippen MR) is 78.0 cm³/mol. The van der Waals surface area contributed by atoms with Crippen LogP contribution >= 0.6 is 0 Å². The first-order chi connectivity index (χ1) is 10.1. The Morgan fingerprint density at radius 1 is 1.29 bits per heavy atom. The number of aryl methyl sites for hydroxylation is 1. The van der Waals surface area contributed by atoms with E-state index >= 15 is 0 Å². The van der Waals surface area contributed by atoms with Crippen molar-refractivity contribution in [2.24, 2.45) is 0 Å². The lowest BCUT2D eigenvalue weighted by molar-refractivity contribution is -0.120. The lowest BCUT2D eigenvalue weighted by atomic mass is 10.2. The van der Waals surface area contributed by atoms with Crippen LogP contribution in [0.25, 0.3) is 11.4 Å². The third-order valence-corrected chi connectivity index (χ3v) is 3.25. The number of anilines is 1. The van der Waals surface area contributed by atoms with E-state index in [1.807, 2.05) is 17.0 Å². The molecule has 7 nitrogen and oxygen atoms in total. The molecule has 1 aliphatic rings. The van der Waals surface area contributed by atoms with Crippen molar-refractivity contribution in [1.29, 1.82) is 0 Å². The fraction of sp³-hybridized carbons (Fsp3) is 0.286. The quantitative estimate of drug-likeness (QED) is 0.815. The van der Waals surface area contributed by atoms with Gasteiger partial charge in [0.2, 0.25) is 5.91 Å². The van der Waals surface area contributed by atoms with Crippen molar-refractivity contribution < 1.29 is 4.79 Å². The lowest BCUT2D eigenvalue weighted by Crippen LogP contribution is -2.48. The van der Waals surface area contributed by atoms with Gasteiger partial charge in [-0.3, -0.25) is 9.59 Å². The fourth-order valence-electron chi connectivity index (χ4n) is 2.26. The zero-order valence-electron chi connectivity index (χ0n) is 11.6. The second kappa shape index (κ2) is 5.35. The zero-order chi connectivity index (χ0) is 14.8. The Labute approximate surface area is 121 Å². The van der Waals surface area contributed by atoms with Crippen molar-refractivity contribution in [2.45, 2.75) is 6.92 Å². The van der Waals surface area contributed by atoms with Gasteiger partial charge in [0.05, 0.1) is 6.54 Å². The average Bonchev–Trinajstić information content (AvgIpc) is 2.46. The van der Waals surface area contributed by atoms with E-state index in [0.717, 1.165) is 17.9 Å². The fourth-order valence-corrected chi connectivity index (χ4v) is 2.26. The minimum absolute atomic E-state index is 0.00296. The molecule has 1 aliphatic heterocycles. The van der Waals surface area contributed by atoms with Crippen molar-refractivity contribution in [3.05, 3.63) is 40.4 Å². The molecule has 2 aromatic rings. The molecule has 0 radical (unpaired) electrons. The van der Waals surface area contributed by atoms with Gasteiger partial charge in [0.1, 0.15) is 11.6 Å². The molecule has 108 valence electrons. The molecule has 0 atom stereocenters. The number of hydrogen-bond acceptors (Lipinski definition) is 5. The Balaban J connectivity index is 1.86. The number of nitrogens with zero attached hydrogens (tertiary/aromatic N) is 3. The number of nitrogens with one attached hydrogen (secondary N) is 2. The number of aromatic nitrogens is 3. The predicted octanol–water partition coefficient (Wildman–Crippen LogP) is 0.0765. The number of amides is 1. The van der Waals surface area contributed by atoms with Gasteiger partial charge in [0.15, 0.2) is 0 Å². The molecule has 3 heterocycles. The third-order valence-electron chi connectivity index (χ3n) is 3.25. The van der Waals surface area contributed by atoms with Gasteiger partial charge in [-0.25, -0.2) is 9.97 Å². The Bertz CT molecular complexity index is 723. The smallest absolute Gasteiger partial charge is 0.251 e. The molecule has 0 aliphatic carbocycles. The van der Waals surface area contributed by atoms with Crippen molar-refractivity contribution in [3.63, 3.8) is 0 Å². The molecule has 1 saturated heterocycles. The van der Waals surface area contributed by atoms with Gasteiger partial charge in [0, 0.05) is 36.6 Å². The Kier molecular flexibility index (Phi) is 3.39. The lowest BCUT2D eigenvalue weighted by Gasteiger charge is -2.27. The molecular formula is C14H15N5O2. The molecule has 3 rings (SSSR count). The van der Waals surface area contributed by atoms with Gasteiger partial charge in [-0.2, -0.15) is 0 Å². The number of aromatic amines is 1. The van der Waals surface area contributed by atoms with E-state index in [4.69, 9.17) is 0 Å². The molecule has 0 saturated carbocycles. The number of rotatable bonds is 2. The summed E-state index contributed by atoms with van der Waals surface area (Å²) in [5.74, 6) is 1.23. The summed E-state index contributed by atoms with van der Waals surface area (Å²) in [6.45, 7) is 3.44. The van der Waals surface area contributed by atoms with E-state index in [0.29, 0.717) is 24.6 Å². The van der Waals surface area contributed by atoms with Crippen LogP contribution in [0.5, 0.6) is 0 Å². The SMILES string of the molecule is Cc1cc(=O)[nH]c(-c2ccc(N3CCNC(=O)C3)nc2)n1. The van der Waals surface area contributed by atoms with Crippen LogP contribution < -0.4 is 15.8 Å². The Hall–Kier alpha value is -2.70. The summed E-state index contributed by atoms with van der Waals surface area (Å²) in [7, 11) is 0. The summed E-state index contributed by atoms with van der Waals surface area (Å²) < 4.78 is 0. The van der Waals surface area contributed by atoms with Crippen molar-refractivity contribution in [1.82, 2.24) is 20.3 Å². The molecule has 2 N–H and O–H groups in total. The van der Waals surface area contributed by atoms with Gasteiger partial charge in [0.25, 0.3) is 5.56 Å². The van der Waals surface area contributed by atoms with E-state index < -0.39 is 0 Å². The van der Waals surface area contributed by atoms with Gasteiger partial charge >= 0.3 is 0 Å². The molecule has 0 unspecified atom stereocenters. The van der Waals surface area contributed by atoms with Crippen molar-refractivity contribution >= 4 is 11.7 Å². The molecule has 1 fully saturated rings. The molecule has 0 spiro atoms. The van der Waals surface area contributed by atoms with E-state index in [-0.39, 0.29) is 11.5 Å². The van der Waals surface area contributed by atoms with E-state index in [2.05, 4.69) is 20.3 Å². The minimum Gasteiger partial charge on any atom is -0.353 e. The van der Waals surface area contributed by atoms with Gasteiger partial charge < -0.3 is 15.2 Å².